The number of anilines is 2. The third-order valence-corrected chi connectivity index (χ3v) is 2.97. The second-order valence-corrected chi connectivity index (χ2v) is 4.27. The first-order valence-electron chi connectivity index (χ1n) is 6.24. The van der Waals surface area contributed by atoms with Gasteiger partial charge < -0.3 is 15.4 Å². The lowest BCUT2D eigenvalue weighted by Gasteiger charge is -2.18. The first-order chi connectivity index (χ1) is 9.65. The molecule has 0 aliphatic carbocycles. The van der Waals surface area contributed by atoms with E-state index in [0.29, 0.717) is 17.4 Å². The molecule has 20 heavy (non-hydrogen) atoms. The Kier molecular flexibility index (Phi) is 4.34. The summed E-state index contributed by atoms with van der Waals surface area (Å²) in [5.74, 6) is 1.49. The number of hydrogen-bond donors (Lipinski definition) is 2. The van der Waals surface area contributed by atoms with E-state index in [1.807, 2.05) is 6.92 Å². The molecule has 0 aliphatic heterocycles. The van der Waals surface area contributed by atoms with Crippen LogP contribution in [0.3, 0.4) is 0 Å². The summed E-state index contributed by atoms with van der Waals surface area (Å²) in [4.78, 5) is 8.26. The molecule has 1 unspecified atom stereocenters. The van der Waals surface area contributed by atoms with Crippen LogP contribution in [0.15, 0.2) is 30.6 Å². The molecule has 2 N–H and O–H groups in total. The number of rotatable bonds is 5. The Morgan fingerprint density at radius 1 is 1.15 bits per heavy atom. The minimum absolute atomic E-state index is 0.0379. The normalized spacial score (nSPS) is 11.8. The van der Waals surface area contributed by atoms with E-state index in [0.717, 1.165) is 5.56 Å². The zero-order chi connectivity index (χ0) is 14.5. The van der Waals surface area contributed by atoms with Gasteiger partial charge in [0.05, 0.1) is 13.2 Å². The van der Waals surface area contributed by atoms with E-state index in [1.165, 1.54) is 18.5 Å². The second kappa shape index (κ2) is 6.18. The molecule has 2 rings (SSSR count). The molecule has 0 saturated heterocycles. The fraction of sp³-hybridized carbons (Fsp3) is 0.286. The molecule has 1 atom stereocenters. The van der Waals surface area contributed by atoms with Crippen LogP contribution in [0.4, 0.5) is 16.0 Å². The van der Waals surface area contributed by atoms with Gasteiger partial charge in [-0.3, -0.25) is 0 Å². The van der Waals surface area contributed by atoms with Gasteiger partial charge in [0.1, 0.15) is 12.1 Å². The van der Waals surface area contributed by atoms with Gasteiger partial charge in [-0.05, 0) is 24.6 Å². The van der Waals surface area contributed by atoms with Gasteiger partial charge in [0, 0.05) is 7.05 Å². The summed E-state index contributed by atoms with van der Waals surface area (Å²) < 4.78 is 18.2. The average Bonchev–Trinajstić information content (AvgIpc) is 2.47. The minimum Gasteiger partial charge on any atom is -0.490 e. The molecule has 2 aromatic rings. The first-order valence-corrected chi connectivity index (χ1v) is 6.24. The number of nitrogens with one attached hydrogen (secondary N) is 2. The van der Waals surface area contributed by atoms with Crippen LogP contribution in [0.1, 0.15) is 18.5 Å². The molecule has 0 radical (unpaired) electrons. The Morgan fingerprint density at radius 2 is 1.80 bits per heavy atom. The van der Waals surface area contributed by atoms with Gasteiger partial charge in [0.2, 0.25) is 5.75 Å². The largest absolute Gasteiger partial charge is 0.490 e. The predicted molar refractivity (Wildman–Crippen MR) is 76.6 cm³/mol. The van der Waals surface area contributed by atoms with Crippen molar-refractivity contribution < 1.29 is 9.13 Å². The predicted octanol–water partition coefficient (Wildman–Crippen LogP) is 2.84. The first kappa shape index (κ1) is 14.0. The molecule has 0 saturated carbocycles. The van der Waals surface area contributed by atoms with E-state index in [4.69, 9.17) is 4.74 Å². The number of benzene rings is 1. The second-order valence-electron chi connectivity index (χ2n) is 4.27. The topological polar surface area (TPSA) is 59.1 Å². The number of nitrogens with zero attached hydrogens (tertiary/aromatic N) is 2. The van der Waals surface area contributed by atoms with Gasteiger partial charge in [-0.25, -0.2) is 14.4 Å². The van der Waals surface area contributed by atoms with E-state index < -0.39 is 0 Å². The lowest BCUT2D eigenvalue weighted by molar-refractivity contribution is 0.414. The van der Waals surface area contributed by atoms with E-state index in [1.54, 1.807) is 26.3 Å². The SMILES string of the molecule is CNc1ncnc(NC(C)c2ccc(F)cc2)c1OC. The fourth-order valence-electron chi connectivity index (χ4n) is 1.89. The smallest absolute Gasteiger partial charge is 0.204 e. The Balaban J connectivity index is 2.23. The number of halogens is 1. The Morgan fingerprint density at radius 3 is 2.40 bits per heavy atom. The van der Waals surface area contributed by atoms with Crippen LogP contribution < -0.4 is 15.4 Å². The van der Waals surface area contributed by atoms with E-state index in [-0.39, 0.29) is 11.9 Å². The lowest BCUT2D eigenvalue weighted by Crippen LogP contribution is -2.10. The van der Waals surface area contributed by atoms with Crippen molar-refractivity contribution in [3.8, 4) is 5.75 Å². The Hall–Kier alpha value is -2.37. The molecule has 5 nitrogen and oxygen atoms in total. The third-order valence-electron chi connectivity index (χ3n) is 2.97. The highest BCUT2D eigenvalue weighted by molar-refractivity contribution is 5.63. The van der Waals surface area contributed by atoms with E-state index >= 15 is 0 Å². The number of methoxy groups -OCH3 is 1. The fourth-order valence-corrected chi connectivity index (χ4v) is 1.89. The third kappa shape index (κ3) is 2.96. The lowest BCUT2D eigenvalue weighted by atomic mass is 10.1. The molecule has 6 heteroatoms. The molecule has 0 spiro atoms. The molecular formula is C14H17FN4O. The van der Waals surface area contributed by atoms with Crippen molar-refractivity contribution in [1.29, 1.82) is 0 Å². The summed E-state index contributed by atoms with van der Waals surface area (Å²) in [6, 6.07) is 6.30. The Labute approximate surface area is 117 Å². The maximum atomic E-state index is 12.9. The molecular weight excluding hydrogens is 259 g/mol. The van der Waals surface area contributed by atoms with Gasteiger partial charge in [-0.1, -0.05) is 12.1 Å². The Bertz CT molecular complexity index is 574. The molecule has 1 heterocycles. The van der Waals surface area contributed by atoms with Gasteiger partial charge in [-0.15, -0.1) is 0 Å². The molecule has 0 amide bonds. The highest BCUT2D eigenvalue weighted by Gasteiger charge is 2.14. The zero-order valence-corrected chi connectivity index (χ0v) is 11.6. The van der Waals surface area contributed by atoms with Crippen molar-refractivity contribution in [2.45, 2.75) is 13.0 Å². The number of hydrogen-bond acceptors (Lipinski definition) is 5. The van der Waals surface area contributed by atoms with Crippen LogP contribution in [0.5, 0.6) is 5.75 Å². The van der Waals surface area contributed by atoms with Gasteiger partial charge in [0.15, 0.2) is 11.6 Å². The summed E-state index contributed by atoms with van der Waals surface area (Å²) in [5.41, 5.74) is 0.957. The van der Waals surface area contributed by atoms with Gasteiger partial charge in [0.25, 0.3) is 0 Å². The van der Waals surface area contributed by atoms with Crippen molar-refractivity contribution in [1.82, 2.24) is 9.97 Å². The maximum Gasteiger partial charge on any atom is 0.204 e. The van der Waals surface area contributed by atoms with Crippen molar-refractivity contribution >= 4 is 11.6 Å². The summed E-state index contributed by atoms with van der Waals surface area (Å²) in [6.45, 7) is 1.97. The number of ether oxygens (including phenoxy) is 1. The summed E-state index contributed by atoms with van der Waals surface area (Å²) >= 11 is 0. The highest BCUT2D eigenvalue weighted by atomic mass is 19.1. The maximum absolute atomic E-state index is 12.9. The van der Waals surface area contributed by atoms with Crippen molar-refractivity contribution in [3.63, 3.8) is 0 Å². The monoisotopic (exact) mass is 276 g/mol. The van der Waals surface area contributed by atoms with Crippen LogP contribution in [0.25, 0.3) is 0 Å². The van der Waals surface area contributed by atoms with E-state index in [9.17, 15) is 4.39 Å². The molecule has 1 aromatic carbocycles. The zero-order valence-electron chi connectivity index (χ0n) is 11.6. The van der Waals surface area contributed by atoms with Crippen LogP contribution >= 0.6 is 0 Å². The molecule has 106 valence electrons. The van der Waals surface area contributed by atoms with Crippen molar-refractivity contribution in [2.75, 3.05) is 24.8 Å². The summed E-state index contributed by atoms with van der Waals surface area (Å²) in [5, 5.41) is 6.17. The minimum atomic E-state index is -0.252. The van der Waals surface area contributed by atoms with Crippen LogP contribution in [0, 0.1) is 5.82 Å². The summed E-state index contributed by atoms with van der Waals surface area (Å²) in [7, 11) is 3.32. The quantitative estimate of drug-likeness (QED) is 0.879. The molecule has 0 fully saturated rings. The average molecular weight is 276 g/mol. The van der Waals surface area contributed by atoms with E-state index in [2.05, 4.69) is 20.6 Å². The standard InChI is InChI=1S/C14H17FN4O/c1-9(10-4-6-11(15)7-5-10)19-14-12(20-3)13(16-2)17-8-18-14/h4-9H,1-3H3,(H2,16,17,18,19). The van der Waals surface area contributed by atoms with Gasteiger partial charge in [-0.2, -0.15) is 0 Å². The highest BCUT2D eigenvalue weighted by Crippen LogP contribution is 2.31. The van der Waals surface area contributed by atoms with Crippen LogP contribution in [-0.4, -0.2) is 24.1 Å². The summed E-state index contributed by atoms with van der Waals surface area (Å²) in [6.07, 6.45) is 1.45. The van der Waals surface area contributed by atoms with Gasteiger partial charge >= 0.3 is 0 Å². The van der Waals surface area contributed by atoms with Crippen molar-refractivity contribution in [2.24, 2.45) is 0 Å². The van der Waals surface area contributed by atoms with Crippen molar-refractivity contribution in [3.05, 3.63) is 42.0 Å². The molecule has 0 aliphatic rings. The molecule has 1 aromatic heterocycles. The molecule has 0 bridgehead atoms. The van der Waals surface area contributed by atoms with Crippen LogP contribution in [-0.2, 0) is 0 Å². The van der Waals surface area contributed by atoms with Crippen LogP contribution in [0.2, 0.25) is 0 Å². The number of aromatic nitrogens is 2.